The fourth-order valence-corrected chi connectivity index (χ4v) is 3.43. The number of anilines is 1. The van der Waals surface area contributed by atoms with Crippen molar-refractivity contribution in [3.8, 4) is 0 Å². The number of alkyl carbamates (subject to hydrolysis) is 1. The van der Waals surface area contributed by atoms with E-state index < -0.39 is 36.1 Å². The van der Waals surface area contributed by atoms with Crippen molar-refractivity contribution in [3.05, 3.63) is 12.4 Å². The summed E-state index contributed by atoms with van der Waals surface area (Å²) >= 11 is 0. The van der Waals surface area contributed by atoms with Gasteiger partial charge in [-0.3, -0.25) is 9.69 Å². The molecule has 9 nitrogen and oxygen atoms in total. The summed E-state index contributed by atoms with van der Waals surface area (Å²) in [5, 5.41) is 2.73. The maximum absolute atomic E-state index is 13.5. The Labute approximate surface area is 197 Å². The number of carbonyl (C=O) groups is 2. The smallest absolute Gasteiger partial charge is 0.444 e. The van der Waals surface area contributed by atoms with Crippen molar-refractivity contribution >= 4 is 30.5 Å². The summed E-state index contributed by atoms with van der Waals surface area (Å²) in [4.78, 5) is 36.4. The first-order valence-corrected chi connectivity index (χ1v) is 11.6. The van der Waals surface area contributed by atoms with Crippen LogP contribution in [0.25, 0.3) is 0 Å². The van der Waals surface area contributed by atoms with E-state index in [1.807, 2.05) is 41.5 Å². The first-order chi connectivity index (χ1) is 15.1. The first kappa shape index (κ1) is 25.4. The van der Waals surface area contributed by atoms with Gasteiger partial charge in [-0.1, -0.05) is 13.8 Å². The molecule has 0 unspecified atom stereocenters. The lowest BCUT2D eigenvalue weighted by molar-refractivity contribution is -0.121. The van der Waals surface area contributed by atoms with Gasteiger partial charge in [-0.25, -0.2) is 14.8 Å². The van der Waals surface area contributed by atoms with E-state index in [-0.39, 0.29) is 17.9 Å². The van der Waals surface area contributed by atoms with Gasteiger partial charge in [0.1, 0.15) is 11.6 Å². The summed E-state index contributed by atoms with van der Waals surface area (Å²) < 4.78 is 17.5. The summed E-state index contributed by atoms with van der Waals surface area (Å²) in [6.45, 7) is 17.1. The largest absolute Gasteiger partial charge is 0.498 e. The van der Waals surface area contributed by atoms with E-state index in [1.165, 1.54) is 0 Å². The molecule has 33 heavy (non-hydrogen) atoms. The molecule has 1 saturated carbocycles. The summed E-state index contributed by atoms with van der Waals surface area (Å²) in [5.41, 5.74) is -0.904. The zero-order valence-electron chi connectivity index (χ0n) is 21.3. The zero-order chi connectivity index (χ0) is 24.8. The van der Waals surface area contributed by atoms with Crippen molar-refractivity contribution in [2.75, 3.05) is 4.90 Å². The lowest BCUT2D eigenvalue weighted by Crippen LogP contribution is -2.53. The predicted molar refractivity (Wildman–Crippen MR) is 126 cm³/mol. The molecule has 0 radical (unpaired) electrons. The Balaban J connectivity index is 1.78. The second-order valence-corrected chi connectivity index (χ2v) is 11.2. The lowest BCUT2D eigenvalue weighted by atomic mass is 9.81. The number of hydrogen-bond donors (Lipinski definition) is 1. The number of nitrogens with one attached hydrogen (secondary N) is 1. The van der Waals surface area contributed by atoms with Crippen molar-refractivity contribution < 1.29 is 23.6 Å². The number of carbonyl (C=O) groups excluding carboxylic acids is 2. The SMILES string of the molecule is CC(C)[C@@H](NC(=O)OC(C)(C)C)C(=O)N(c1ncc(B2OC(C)(C)C(C)(C)O2)cn1)C1CC1. The number of hydrogen-bond acceptors (Lipinski definition) is 7. The van der Waals surface area contributed by atoms with Gasteiger partial charge >= 0.3 is 13.2 Å². The topological polar surface area (TPSA) is 103 Å². The molecular formula is C23H37BN4O5. The average Bonchev–Trinajstić information content (AvgIpc) is 3.45. The Kier molecular flexibility index (Phi) is 6.83. The minimum atomic E-state index is -0.758. The molecule has 2 fully saturated rings. The fraction of sp³-hybridized carbons (Fsp3) is 0.739. The zero-order valence-corrected chi connectivity index (χ0v) is 21.3. The highest BCUT2D eigenvalue weighted by molar-refractivity contribution is 6.61. The molecule has 0 aromatic carbocycles. The van der Waals surface area contributed by atoms with Gasteiger partial charge in [-0.05, 0) is 67.2 Å². The van der Waals surface area contributed by atoms with Crippen LogP contribution in [0.4, 0.5) is 10.7 Å². The Morgan fingerprint density at radius 1 is 1.12 bits per heavy atom. The third-order valence-electron chi connectivity index (χ3n) is 6.15. The molecular weight excluding hydrogens is 423 g/mol. The molecule has 1 aliphatic carbocycles. The third kappa shape index (κ3) is 5.84. The van der Waals surface area contributed by atoms with Crippen molar-refractivity contribution in [1.82, 2.24) is 15.3 Å². The van der Waals surface area contributed by atoms with Gasteiger partial charge in [0.2, 0.25) is 5.95 Å². The average molecular weight is 460 g/mol. The van der Waals surface area contributed by atoms with Crippen LogP contribution in [0.2, 0.25) is 0 Å². The van der Waals surface area contributed by atoms with E-state index in [1.54, 1.807) is 38.1 Å². The monoisotopic (exact) mass is 460 g/mol. The quantitative estimate of drug-likeness (QED) is 0.652. The van der Waals surface area contributed by atoms with Crippen LogP contribution in [0.1, 0.15) is 75.2 Å². The van der Waals surface area contributed by atoms with Crippen LogP contribution in [0, 0.1) is 5.92 Å². The highest BCUT2D eigenvalue weighted by atomic mass is 16.7. The number of aromatic nitrogens is 2. The number of amides is 2. The molecule has 2 heterocycles. The summed E-state index contributed by atoms with van der Waals surface area (Å²) in [7, 11) is -0.577. The molecule has 1 atom stereocenters. The normalized spacial score (nSPS) is 20.5. The van der Waals surface area contributed by atoms with Gasteiger partial charge in [0.05, 0.1) is 11.2 Å². The van der Waals surface area contributed by atoms with Crippen LogP contribution in [0.5, 0.6) is 0 Å². The van der Waals surface area contributed by atoms with Gasteiger partial charge < -0.3 is 19.4 Å². The fourth-order valence-electron chi connectivity index (χ4n) is 3.43. The molecule has 2 amide bonds. The first-order valence-electron chi connectivity index (χ1n) is 11.6. The molecule has 1 N–H and O–H groups in total. The van der Waals surface area contributed by atoms with Crippen LogP contribution < -0.4 is 15.7 Å². The molecule has 0 spiro atoms. The second-order valence-electron chi connectivity index (χ2n) is 11.2. The summed E-state index contributed by atoms with van der Waals surface area (Å²) in [6.07, 6.45) is 4.39. The lowest BCUT2D eigenvalue weighted by Gasteiger charge is -2.32. The van der Waals surface area contributed by atoms with Gasteiger partial charge in [-0.15, -0.1) is 0 Å². The van der Waals surface area contributed by atoms with E-state index in [9.17, 15) is 9.59 Å². The Morgan fingerprint density at radius 3 is 2.06 bits per heavy atom. The maximum atomic E-state index is 13.5. The molecule has 0 bridgehead atoms. The van der Waals surface area contributed by atoms with E-state index in [2.05, 4.69) is 15.3 Å². The molecule has 1 aromatic heterocycles. The molecule has 182 valence electrons. The molecule has 2 aliphatic rings. The second kappa shape index (κ2) is 8.87. The standard InChI is InChI=1S/C23H37BN4O5/c1-14(2)17(27-20(30)31-21(3,4)5)18(29)28(16-10-11-16)19-25-12-15(13-26-19)24-32-22(6,7)23(8,9)33-24/h12-14,16-17H,10-11H2,1-9H3,(H,27,30)/t17-/m1/s1. The van der Waals surface area contributed by atoms with Crippen molar-refractivity contribution in [2.24, 2.45) is 5.92 Å². The van der Waals surface area contributed by atoms with Crippen molar-refractivity contribution in [1.29, 1.82) is 0 Å². The van der Waals surface area contributed by atoms with E-state index in [0.29, 0.717) is 11.4 Å². The highest BCUT2D eigenvalue weighted by Gasteiger charge is 2.52. The minimum absolute atomic E-state index is 0.0156. The van der Waals surface area contributed by atoms with Crippen LogP contribution in [0.3, 0.4) is 0 Å². The molecule has 1 aliphatic heterocycles. The maximum Gasteiger partial charge on any atom is 0.498 e. The molecule has 10 heteroatoms. The summed E-state index contributed by atoms with van der Waals surface area (Å²) in [5.74, 6) is -0.0866. The van der Waals surface area contributed by atoms with E-state index >= 15 is 0 Å². The van der Waals surface area contributed by atoms with Crippen molar-refractivity contribution in [2.45, 2.75) is 104 Å². The van der Waals surface area contributed by atoms with Gasteiger partial charge in [-0.2, -0.15) is 0 Å². The number of nitrogens with zero attached hydrogens (tertiary/aromatic N) is 3. The van der Waals surface area contributed by atoms with E-state index in [4.69, 9.17) is 14.0 Å². The molecule has 3 rings (SSSR count). The van der Waals surface area contributed by atoms with Crippen LogP contribution in [0.15, 0.2) is 12.4 Å². The Bertz CT molecular complexity index is 862. The summed E-state index contributed by atoms with van der Waals surface area (Å²) in [6, 6.07) is -0.742. The predicted octanol–water partition coefficient (Wildman–Crippen LogP) is 2.82. The Hall–Kier alpha value is -2.20. The van der Waals surface area contributed by atoms with Crippen LogP contribution >= 0.6 is 0 Å². The van der Waals surface area contributed by atoms with Gasteiger partial charge in [0.25, 0.3) is 5.91 Å². The van der Waals surface area contributed by atoms with Crippen LogP contribution in [-0.4, -0.2) is 58.0 Å². The van der Waals surface area contributed by atoms with E-state index in [0.717, 1.165) is 12.8 Å². The highest BCUT2D eigenvalue weighted by Crippen LogP contribution is 2.36. The minimum Gasteiger partial charge on any atom is -0.444 e. The van der Waals surface area contributed by atoms with Crippen molar-refractivity contribution in [3.63, 3.8) is 0 Å². The molecule has 1 saturated heterocycles. The van der Waals surface area contributed by atoms with Gasteiger partial charge in [0.15, 0.2) is 0 Å². The van der Waals surface area contributed by atoms with Crippen LogP contribution in [-0.2, 0) is 18.8 Å². The Morgan fingerprint density at radius 2 is 1.64 bits per heavy atom. The third-order valence-corrected chi connectivity index (χ3v) is 6.15. The molecule has 1 aromatic rings. The van der Waals surface area contributed by atoms with Gasteiger partial charge in [0, 0.05) is 23.9 Å². The number of ether oxygens (including phenoxy) is 1. The number of rotatable bonds is 6.